The average molecular weight is 829 g/mol. The first-order chi connectivity index (χ1) is 27.4. The minimum Gasteiger partial charge on any atom is -0.619 e. The monoisotopic (exact) mass is 827 g/mol. The second-order valence-corrected chi connectivity index (χ2v) is 15.6. The summed E-state index contributed by atoms with van der Waals surface area (Å²) in [6.45, 7) is -0.210. The lowest BCUT2D eigenvalue weighted by atomic mass is 9.86. The molecule has 3 aromatic carbocycles. The third-order valence-corrected chi connectivity index (χ3v) is 11.4. The minimum atomic E-state index is -3.10. The van der Waals surface area contributed by atoms with Crippen LogP contribution in [0.15, 0.2) is 79.1 Å². The number of piperidine rings is 3. The van der Waals surface area contributed by atoms with Crippen molar-refractivity contribution >= 4 is 40.8 Å². The lowest BCUT2D eigenvalue weighted by Crippen LogP contribution is -2.52. The number of esters is 2. The summed E-state index contributed by atoms with van der Waals surface area (Å²) in [4.78, 5) is 31.6. The van der Waals surface area contributed by atoms with Crippen molar-refractivity contribution in [3.05, 3.63) is 122 Å². The van der Waals surface area contributed by atoms with Gasteiger partial charge in [0.1, 0.15) is 28.1 Å². The van der Waals surface area contributed by atoms with Gasteiger partial charge in [-0.1, -0.05) is 59.6 Å². The van der Waals surface area contributed by atoms with E-state index in [0.717, 1.165) is 51.2 Å². The van der Waals surface area contributed by atoms with Crippen LogP contribution in [0.3, 0.4) is 0 Å². The quantitative estimate of drug-likeness (QED) is 0.0631. The van der Waals surface area contributed by atoms with Crippen molar-refractivity contribution in [2.24, 2.45) is 11.8 Å². The molecule has 8 rings (SSSR count). The third-order valence-electron chi connectivity index (χ3n) is 10.8. The zero-order valence-corrected chi connectivity index (χ0v) is 32.6. The number of fused-ring (bicyclic) bond motifs is 3. The fraction of sp³-hybridized carbons (Fsp3) is 0.405. The average Bonchev–Trinajstić information content (AvgIpc) is 4.01. The number of rotatable bonds is 16. The predicted octanol–water partition coefficient (Wildman–Crippen LogP) is 8.04. The molecule has 1 aromatic heterocycles. The van der Waals surface area contributed by atoms with Crippen LogP contribution in [-0.2, 0) is 31.9 Å². The van der Waals surface area contributed by atoms with Crippen molar-refractivity contribution < 1.29 is 46.4 Å². The SMILES string of the molecule is CN(c1cccc(CC(=O)O[C@@H](Cc2c(Cl)c[n+]([O-])cc2Cl)c2ccc(OC(F)F)c(OCC3CC3)c2)c1)C(C(=O)O[C@H]1CN2CCC1CC2)c1ccccc1F. The molecule has 3 atom stereocenters. The topological polar surface area (TPSA) is 104 Å². The van der Waals surface area contributed by atoms with E-state index < -0.39 is 36.5 Å². The molecule has 3 saturated heterocycles. The van der Waals surface area contributed by atoms with E-state index in [0.29, 0.717) is 46.2 Å². The van der Waals surface area contributed by atoms with E-state index in [1.54, 1.807) is 54.4 Å². The zero-order valence-electron chi connectivity index (χ0n) is 31.1. The van der Waals surface area contributed by atoms with Gasteiger partial charge in [-0.25, -0.2) is 9.18 Å². The first kappa shape index (κ1) is 40.5. The molecule has 0 N–H and O–H groups in total. The highest BCUT2D eigenvalue weighted by atomic mass is 35.5. The Morgan fingerprint density at radius 3 is 2.37 bits per heavy atom. The molecular formula is C42H42Cl2F3N3O7. The number of aromatic nitrogens is 1. The van der Waals surface area contributed by atoms with E-state index in [1.807, 2.05) is 0 Å². The molecular weight excluding hydrogens is 786 g/mol. The number of pyridine rings is 1. The molecule has 15 heteroatoms. The Kier molecular flexibility index (Phi) is 12.7. The Balaban J connectivity index is 1.13. The summed E-state index contributed by atoms with van der Waals surface area (Å²) in [5.74, 6) is -1.35. The fourth-order valence-corrected chi connectivity index (χ4v) is 8.11. The number of alkyl halides is 2. The Morgan fingerprint density at radius 2 is 1.70 bits per heavy atom. The summed E-state index contributed by atoms with van der Waals surface area (Å²) in [5, 5.41) is 12.1. The van der Waals surface area contributed by atoms with E-state index in [2.05, 4.69) is 4.90 Å². The summed E-state index contributed by atoms with van der Waals surface area (Å²) in [7, 11) is 1.67. The molecule has 302 valence electrons. The van der Waals surface area contributed by atoms with Crippen molar-refractivity contribution in [2.45, 2.75) is 63.4 Å². The van der Waals surface area contributed by atoms with E-state index in [9.17, 15) is 23.6 Å². The van der Waals surface area contributed by atoms with E-state index in [-0.39, 0.29) is 52.0 Å². The van der Waals surface area contributed by atoms with Crippen LogP contribution in [0.5, 0.6) is 11.5 Å². The van der Waals surface area contributed by atoms with E-state index in [1.165, 1.54) is 24.3 Å². The van der Waals surface area contributed by atoms with Crippen molar-refractivity contribution in [1.82, 2.24) is 4.90 Å². The molecule has 0 radical (unpaired) electrons. The number of nitrogens with zero attached hydrogens (tertiary/aromatic N) is 3. The number of carbonyl (C=O) groups is 2. The number of carbonyl (C=O) groups excluding carboxylic acids is 2. The van der Waals surface area contributed by atoms with Gasteiger partial charge in [-0.2, -0.15) is 13.5 Å². The van der Waals surface area contributed by atoms with Gasteiger partial charge in [-0.15, -0.1) is 0 Å². The van der Waals surface area contributed by atoms with Crippen LogP contribution in [0, 0.1) is 22.9 Å². The van der Waals surface area contributed by atoms with Crippen molar-refractivity contribution in [1.29, 1.82) is 0 Å². The van der Waals surface area contributed by atoms with E-state index in [4.69, 9.17) is 42.1 Å². The number of likely N-dealkylation sites (N-methyl/N-ethyl adjacent to an activating group) is 1. The van der Waals surface area contributed by atoms with Gasteiger partial charge < -0.3 is 29.1 Å². The number of ether oxygens (including phenoxy) is 4. The van der Waals surface area contributed by atoms with Crippen LogP contribution >= 0.6 is 23.2 Å². The molecule has 4 aliphatic rings. The zero-order chi connectivity index (χ0) is 40.2. The van der Waals surface area contributed by atoms with Crippen LogP contribution in [0.4, 0.5) is 18.9 Å². The maximum atomic E-state index is 15.3. The molecule has 2 bridgehead atoms. The molecule has 1 aliphatic carbocycles. The van der Waals surface area contributed by atoms with Crippen LogP contribution in [0.25, 0.3) is 0 Å². The lowest BCUT2D eigenvalue weighted by molar-refractivity contribution is -0.605. The molecule has 4 fully saturated rings. The molecule has 4 aromatic rings. The van der Waals surface area contributed by atoms with Gasteiger partial charge in [0.2, 0.25) is 0 Å². The second kappa shape index (κ2) is 17.8. The maximum absolute atomic E-state index is 15.3. The summed E-state index contributed by atoms with van der Waals surface area (Å²) >= 11 is 12.8. The summed E-state index contributed by atoms with van der Waals surface area (Å²) < 4.78 is 65.1. The smallest absolute Gasteiger partial charge is 0.387 e. The van der Waals surface area contributed by atoms with Gasteiger partial charge in [0.15, 0.2) is 29.9 Å². The number of benzene rings is 3. The molecule has 3 aliphatic heterocycles. The van der Waals surface area contributed by atoms with Gasteiger partial charge in [-0.3, -0.25) is 9.69 Å². The highest BCUT2D eigenvalue weighted by molar-refractivity contribution is 6.35. The molecule has 4 heterocycles. The minimum absolute atomic E-state index is 0.0357. The first-order valence-corrected chi connectivity index (χ1v) is 19.6. The summed E-state index contributed by atoms with van der Waals surface area (Å²) in [6, 6.07) is 16.1. The number of hydrogen-bond donors (Lipinski definition) is 0. The van der Waals surface area contributed by atoms with Crippen LogP contribution in [0.1, 0.15) is 60.1 Å². The number of halogens is 5. The van der Waals surface area contributed by atoms with Gasteiger partial charge >= 0.3 is 18.6 Å². The van der Waals surface area contributed by atoms with Gasteiger partial charge in [0.25, 0.3) is 0 Å². The predicted molar refractivity (Wildman–Crippen MR) is 206 cm³/mol. The Hall–Kier alpha value is -4.72. The number of hydrogen-bond acceptors (Lipinski definition) is 9. The Morgan fingerprint density at radius 1 is 0.965 bits per heavy atom. The van der Waals surface area contributed by atoms with Crippen molar-refractivity contribution in [3.63, 3.8) is 0 Å². The molecule has 0 spiro atoms. The molecule has 10 nitrogen and oxygen atoms in total. The van der Waals surface area contributed by atoms with Crippen LogP contribution in [0.2, 0.25) is 10.0 Å². The third kappa shape index (κ3) is 10.1. The molecule has 1 saturated carbocycles. The Bertz CT molecular complexity index is 2060. The van der Waals surface area contributed by atoms with Crippen LogP contribution < -0.4 is 19.1 Å². The normalized spacial score (nSPS) is 19.8. The van der Waals surface area contributed by atoms with Crippen LogP contribution in [-0.4, -0.2) is 62.8 Å². The van der Waals surface area contributed by atoms with E-state index >= 15 is 4.39 Å². The second-order valence-electron chi connectivity index (χ2n) is 14.8. The Labute approximate surface area is 338 Å². The lowest BCUT2D eigenvalue weighted by Gasteiger charge is -2.44. The highest BCUT2D eigenvalue weighted by Gasteiger charge is 2.39. The summed E-state index contributed by atoms with van der Waals surface area (Å²) in [6.07, 6.45) is 4.40. The first-order valence-electron chi connectivity index (χ1n) is 18.9. The fourth-order valence-electron chi connectivity index (χ4n) is 7.51. The molecule has 1 unspecified atom stereocenters. The van der Waals surface area contributed by atoms with Gasteiger partial charge in [-0.05, 0) is 92.1 Å². The highest BCUT2D eigenvalue weighted by Crippen LogP contribution is 2.39. The summed E-state index contributed by atoms with van der Waals surface area (Å²) in [5.41, 5.74) is 1.91. The molecule has 0 amide bonds. The largest absolute Gasteiger partial charge is 0.619 e. The van der Waals surface area contributed by atoms with Crippen molar-refractivity contribution in [2.75, 3.05) is 38.2 Å². The number of anilines is 1. The molecule has 57 heavy (non-hydrogen) atoms. The maximum Gasteiger partial charge on any atom is 0.387 e. The standard InChI is InChI=1S/C42H42Cl2F3N3O7/c1-48(40(30-7-2-3-8-34(30)45)41(52)56-38-23-49-15-13-27(38)14-16-49)29-6-4-5-26(17-29)18-39(51)55-36(20-31-32(43)21-50(53)22-33(31)44)28-11-12-35(57-42(46)47)37(19-28)54-24-25-9-10-25/h2-8,11-12,17,19,21-22,25,27,36,38,40,42H,9-10,13-16,18,20,23-24H2,1H3/t36-,38-,40?/m0/s1. The van der Waals surface area contributed by atoms with Crippen molar-refractivity contribution in [3.8, 4) is 11.5 Å². The van der Waals surface area contributed by atoms with Gasteiger partial charge in [0.05, 0.1) is 13.0 Å². The van der Waals surface area contributed by atoms with Gasteiger partial charge in [0, 0.05) is 36.8 Å².